The minimum Gasteiger partial charge on any atom is -0.508 e. The number of benzene rings is 3. The number of hydrogen-bond acceptors (Lipinski definition) is 3. The van der Waals surface area contributed by atoms with Crippen LogP contribution in [0.4, 0.5) is 11.4 Å². The van der Waals surface area contributed by atoms with Crippen LogP contribution in [0.3, 0.4) is 0 Å². The molecule has 3 heteroatoms. The van der Waals surface area contributed by atoms with Crippen LogP contribution in [0.1, 0.15) is 42.7 Å². The molecule has 0 saturated heterocycles. The number of aromatic hydroxyl groups is 1. The Bertz CT molecular complexity index is 1110. The molecule has 3 atom stereocenters. The van der Waals surface area contributed by atoms with Gasteiger partial charge in [0.2, 0.25) is 0 Å². The number of nitrogens with one attached hydrogen (secondary N) is 1. The Balaban J connectivity index is 1.59. The highest BCUT2D eigenvalue weighted by Gasteiger charge is 2.56. The van der Waals surface area contributed by atoms with Crippen LogP contribution in [-0.2, 0) is 0 Å². The fourth-order valence-electron chi connectivity index (χ4n) is 5.94. The molecule has 1 aliphatic carbocycles. The summed E-state index contributed by atoms with van der Waals surface area (Å²) in [6, 6.07) is 27.4. The summed E-state index contributed by atoms with van der Waals surface area (Å²) in [7, 11) is 0. The minimum atomic E-state index is -0.107. The van der Waals surface area contributed by atoms with Gasteiger partial charge in [0, 0.05) is 17.5 Å². The molecule has 1 spiro atoms. The van der Waals surface area contributed by atoms with Gasteiger partial charge in [-0.15, -0.1) is 0 Å². The van der Waals surface area contributed by atoms with Gasteiger partial charge in [-0.2, -0.15) is 0 Å². The SMILES string of the molecule is Oc1ccc([C@H]2C=C(c3ccccc3)N3c4ccccc4N[C@]34CCCC[C@@H]24)cc1. The Morgan fingerprint density at radius 2 is 1.63 bits per heavy atom. The summed E-state index contributed by atoms with van der Waals surface area (Å²) < 4.78 is 0. The second-order valence-corrected chi connectivity index (χ2v) is 8.79. The van der Waals surface area contributed by atoms with Crippen molar-refractivity contribution in [3.63, 3.8) is 0 Å². The van der Waals surface area contributed by atoms with Crippen LogP contribution < -0.4 is 10.2 Å². The molecule has 3 aliphatic rings. The summed E-state index contributed by atoms with van der Waals surface area (Å²) in [6.45, 7) is 0. The number of phenolic OH excluding ortho intramolecular Hbond substituents is 1. The highest BCUT2D eigenvalue weighted by molar-refractivity contribution is 5.93. The fraction of sp³-hybridized carbons (Fsp3) is 0.259. The monoisotopic (exact) mass is 394 g/mol. The average Bonchev–Trinajstić information content (AvgIpc) is 3.13. The van der Waals surface area contributed by atoms with Crippen molar-refractivity contribution in [2.24, 2.45) is 5.92 Å². The third-order valence-corrected chi connectivity index (χ3v) is 7.19. The third-order valence-electron chi connectivity index (χ3n) is 7.19. The lowest BCUT2D eigenvalue weighted by Gasteiger charge is -2.54. The van der Waals surface area contributed by atoms with Gasteiger partial charge in [-0.05, 0) is 54.7 Å². The van der Waals surface area contributed by atoms with Crippen LogP contribution in [0.25, 0.3) is 5.70 Å². The zero-order valence-corrected chi connectivity index (χ0v) is 17.0. The molecule has 2 N–H and O–H groups in total. The molecule has 2 aliphatic heterocycles. The van der Waals surface area contributed by atoms with Crippen LogP contribution in [-0.4, -0.2) is 10.8 Å². The molecule has 30 heavy (non-hydrogen) atoms. The number of fused-ring (bicyclic) bond motifs is 2. The van der Waals surface area contributed by atoms with E-state index in [0.717, 1.165) is 6.42 Å². The second-order valence-electron chi connectivity index (χ2n) is 8.79. The molecule has 3 aromatic rings. The van der Waals surface area contributed by atoms with Crippen molar-refractivity contribution >= 4 is 17.1 Å². The highest BCUT2D eigenvalue weighted by Crippen LogP contribution is 2.58. The number of hydrogen-bond donors (Lipinski definition) is 2. The zero-order valence-electron chi connectivity index (χ0n) is 17.0. The van der Waals surface area contributed by atoms with Crippen molar-refractivity contribution in [3.05, 3.63) is 96.1 Å². The minimum absolute atomic E-state index is 0.107. The van der Waals surface area contributed by atoms with Gasteiger partial charge in [-0.25, -0.2) is 0 Å². The van der Waals surface area contributed by atoms with E-state index in [-0.39, 0.29) is 5.66 Å². The molecule has 0 amide bonds. The normalized spacial score (nSPS) is 26.8. The highest BCUT2D eigenvalue weighted by atomic mass is 16.3. The molecule has 0 bridgehead atoms. The number of rotatable bonds is 2. The van der Waals surface area contributed by atoms with E-state index in [0.29, 0.717) is 17.6 Å². The van der Waals surface area contributed by atoms with Gasteiger partial charge >= 0.3 is 0 Å². The molecular weight excluding hydrogens is 368 g/mol. The summed E-state index contributed by atoms with van der Waals surface area (Å²) in [4.78, 5) is 2.60. The largest absolute Gasteiger partial charge is 0.508 e. The predicted octanol–water partition coefficient (Wildman–Crippen LogP) is 6.35. The van der Waals surface area contributed by atoms with Gasteiger partial charge in [0.1, 0.15) is 11.4 Å². The van der Waals surface area contributed by atoms with E-state index < -0.39 is 0 Å². The lowest BCUT2D eigenvalue weighted by molar-refractivity contribution is 0.198. The molecule has 2 heterocycles. The van der Waals surface area contributed by atoms with Crippen molar-refractivity contribution in [1.82, 2.24) is 0 Å². The standard InChI is InChI=1S/C27H26N2O/c30-21-15-13-19(14-16-21)22-18-26(20-8-2-1-3-9-20)29-25-12-5-4-11-24(25)28-27(29)17-7-6-10-23(22)27/h1-5,8-9,11-16,18,22-23,28,30H,6-7,10,17H2/t22-,23+,27-/m1/s1. The Labute approximate surface area is 177 Å². The van der Waals surface area contributed by atoms with Crippen LogP contribution in [0.5, 0.6) is 5.75 Å². The Kier molecular flexibility index (Phi) is 3.92. The summed E-state index contributed by atoms with van der Waals surface area (Å²) in [5, 5.41) is 13.8. The number of anilines is 2. The van der Waals surface area contributed by atoms with Crippen LogP contribution in [0, 0.1) is 5.92 Å². The lowest BCUT2D eigenvalue weighted by atomic mass is 9.66. The number of phenols is 1. The number of nitrogens with zero attached hydrogens (tertiary/aromatic N) is 1. The van der Waals surface area contributed by atoms with Crippen LogP contribution in [0.2, 0.25) is 0 Å². The number of para-hydroxylation sites is 2. The van der Waals surface area contributed by atoms with Gasteiger partial charge in [0.05, 0.1) is 11.4 Å². The zero-order chi connectivity index (χ0) is 20.1. The molecule has 0 aromatic heterocycles. The molecular formula is C27H26N2O. The van der Waals surface area contributed by atoms with Crippen molar-refractivity contribution in [2.75, 3.05) is 10.2 Å². The van der Waals surface area contributed by atoms with E-state index in [2.05, 4.69) is 83.0 Å². The third kappa shape index (κ3) is 2.51. The van der Waals surface area contributed by atoms with E-state index in [4.69, 9.17) is 0 Å². The molecule has 1 saturated carbocycles. The number of allylic oxidation sites excluding steroid dienone is 1. The summed E-state index contributed by atoms with van der Waals surface area (Å²) >= 11 is 0. The Hall–Kier alpha value is -3.20. The molecule has 0 unspecified atom stereocenters. The van der Waals surface area contributed by atoms with E-state index >= 15 is 0 Å². The first kappa shape index (κ1) is 17.6. The quantitative estimate of drug-likeness (QED) is 0.532. The van der Waals surface area contributed by atoms with Crippen LogP contribution in [0.15, 0.2) is 84.9 Å². The Morgan fingerprint density at radius 3 is 2.47 bits per heavy atom. The second kappa shape index (κ2) is 6.66. The van der Waals surface area contributed by atoms with Crippen molar-refractivity contribution < 1.29 is 5.11 Å². The maximum absolute atomic E-state index is 9.85. The summed E-state index contributed by atoms with van der Waals surface area (Å²) in [6.07, 6.45) is 7.30. The lowest BCUT2D eigenvalue weighted by Crippen LogP contribution is -2.60. The molecule has 0 radical (unpaired) electrons. The summed E-state index contributed by atoms with van der Waals surface area (Å²) in [5.41, 5.74) is 6.23. The maximum Gasteiger partial charge on any atom is 0.119 e. The predicted molar refractivity (Wildman–Crippen MR) is 122 cm³/mol. The fourth-order valence-corrected chi connectivity index (χ4v) is 5.94. The molecule has 1 fully saturated rings. The van der Waals surface area contributed by atoms with Crippen LogP contribution >= 0.6 is 0 Å². The van der Waals surface area contributed by atoms with E-state index in [1.807, 2.05) is 12.1 Å². The van der Waals surface area contributed by atoms with Gasteiger partial charge in [0.15, 0.2) is 0 Å². The smallest absolute Gasteiger partial charge is 0.119 e. The maximum atomic E-state index is 9.85. The van der Waals surface area contributed by atoms with Gasteiger partial charge in [-0.1, -0.05) is 67.1 Å². The van der Waals surface area contributed by atoms with E-state index in [1.165, 1.54) is 47.5 Å². The Morgan fingerprint density at radius 1 is 0.867 bits per heavy atom. The first-order chi connectivity index (χ1) is 14.8. The first-order valence-electron chi connectivity index (χ1n) is 11.0. The molecule has 3 aromatic carbocycles. The average molecular weight is 395 g/mol. The van der Waals surface area contributed by atoms with E-state index in [1.54, 1.807) is 0 Å². The molecule has 3 nitrogen and oxygen atoms in total. The van der Waals surface area contributed by atoms with E-state index in [9.17, 15) is 5.11 Å². The van der Waals surface area contributed by atoms with Crippen molar-refractivity contribution in [2.45, 2.75) is 37.3 Å². The van der Waals surface area contributed by atoms with Crippen molar-refractivity contribution in [1.29, 1.82) is 0 Å². The van der Waals surface area contributed by atoms with Gasteiger partial charge in [-0.3, -0.25) is 0 Å². The van der Waals surface area contributed by atoms with Crippen molar-refractivity contribution in [3.8, 4) is 5.75 Å². The van der Waals surface area contributed by atoms with Gasteiger partial charge in [0.25, 0.3) is 0 Å². The summed E-state index contributed by atoms with van der Waals surface area (Å²) in [5.74, 6) is 1.10. The van der Waals surface area contributed by atoms with Gasteiger partial charge < -0.3 is 15.3 Å². The molecule has 6 rings (SSSR count). The topological polar surface area (TPSA) is 35.5 Å². The first-order valence-corrected chi connectivity index (χ1v) is 11.0. The molecule has 150 valence electrons.